The van der Waals surface area contributed by atoms with Crippen LogP contribution in [0.4, 0.5) is 5.69 Å². The van der Waals surface area contributed by atoms with Crippen molar-refractivity contribution >= 4 is 74.7 Å². The number of halogens is 4. The minimum atomic E-state index is -1.34. The molecular weight excluding hydrogens is 452 g/mol. The van der Waals surface area contributed by atoms with E-state index in [1.165, 1.54) is 18.2 Å². The number of fused-ring (bicyclic) bond motifs is 1. The number of carboxylic acid groups (broad SMARTS) is 1. The van der Waals surface area contributed by atoms with Crippen LogP contribution in [-0.2, 0) is 11.3 Å². The summed E-state index contributed by atoms with van der Waals surface area (Å²) in [5.41, 5.74) is -1.01. The highest BCUT2D eigenvalue weighted by Crippen LogP contribution is 2.40. The van der Waals surface area contributed by atoms with Crippen molar-refractivity contribution in [3.05, 3.63) is 66.5 Å². The lowest BCUT2D eigenvalue weighted by Crippen LogP contribution is -2.31. The molecule has 144 valence electrons. The summed E-state index contributed by atoms with van der Waals surface area (Å²) >= 11 is 23.9. The van der Waals surface area contributed by atoms with Crippen molar-refractivity contribution in [3.63, 3.8) is 0 Å². The molecule has 0 radical (unpaired) electrons. The molecule has 0 spiro atoms. The van der Waals surface area contributed by atoms with Crippen LogP contribution in [0.2, 0.25) is 20.1 Å². The monoisotopic (exact) mass is 459 g/mol. The van der Waals surface area contributed by atoms with Gasteiger partial charge in [0.2, 0.25) is 5.91 Å². The van der Waals surface area contributed by atoms with Crippen LogP contribution in [0.5, 0.6) is 0 Å². The summed E-state index contributed by atoms with van der Waals surface area (Å²) in [5.74, 6) is -2.07. The first-order valence-corrected chi connectivity index (χ1v) is 9.08. The van der Waals surface area contributed by atoms with Gasteiger partial charge in [-0.25, -0.2) is 9.48 Å². The Morgan fingerprint density at radius 3 is 2.18 bits per heavy atom. The van der Waals surface area contributed by atoms with E-state index in [1.807, 2.05) is 0 Å². The number of hydrogen-bond acceptors (Lipinski definition) is 4. The Hall–Kier alpha value is -2.32. The number of nitrogens with zero attached hydrogens (tertiary/aromatic N) is 2. The number of carboxylic acids is 1. The Bertz CT molecular complexity index is 1170. The first-order valence-electron chi connectivity index (χ1n) is 7.56. The van der Waals surface area contributed by atoms with E-state index < -0.39 is 24.0 Å². The SMILES string of the molecule is O=C(Cn1nc(C(=O)O)c2ccccc2c1=O)Nc1c(Cl)c(Cl)cc(Cl)c1Cl. The topological polar surface area (TPSA) is 101 Å². The van der Waals surface area contributed by atoms with Gasteiger partial charge in [-0.3, -0.25) is 9.59 Å². The predicted molar refractivity (Wildman–Crippen MR) is 108 cm³/mol. The summed E-state index contributed by atoms with van der Waals surface area (Å²) in [7, 11) is 0. The summed E-state index contributed by atoms with van der Waals surface area (Å²) in [6.07, 6.45) is 0. The third-order valence-electron chi connectivity index (χ3n) is 3.74. The van der Waals surface area contributed by atoms with Crippen molar-refractivity contribution < 1.29 is 14.7 Å². The van der Waals surface area contributed by atoms with E-state index in [-0.39, 0.29) is 42.2 Å². The van der Waals surface area contributed by atoms with Crippen molar-refractivity contribution in [2.75, 3.05) is 5.32 Å². The Morgan fingerprint density at radius 1 is 1.04 bits per heavy atom. The van der Waals surface area contributed by atoms with E-state index in [4.69, 9.17) is 46.4 Å². The molecule has 0 unspecified atom stereocenters. The summed E-state index contributed by atoms with van der Waals surface area (Å²) in [5, 5.41) is 15.9. The fourth-order valence-electron chi connectivity index (χ4n) is 2.50. The molecule has 0 aliphatic carbocycles. The highest BCUT2D eigenvalue weighted by molar-refractivity contribution is 6.50. The van der Waals surface area contributed by atoms with Crippen molar-refractivity contribution in [1.82, 2.24) is 9.78 Å². The molecule has 2 N–H and O–H groups in total. The lowest BCUT2D eigenvalue weighted by molar-refractivity contribution is -0.117. The van der Waals surface area contributed by atoms with E-state index in [2.05, 4.69) is 10.4 Å². The molecule has 0 atom stereocenters. The van der Waals surface area contributed by atoms with Crippen molar-refractivity contribution in [3.8, 4) is 0 Å². The highest BCUT2D eigenvalue weighted by atomic mass is 35.5. The number of carbonyl (C=O) groups is 2. The number of nitrogens with one attached hydrogen (secondary N) is 1. The van der Waals surface area contributed by atoms with E-state index in [1.54, 1.807) is 12.1 Å². The van der Waals surface area contributed by atoms with Crippen molar-refractivity contribution in [1.29, 1.82) is 0 Å². The van der Waals surface area contributed by atoms with Crippen LogP contribution in [0, 0.1) is 0 Å². The van der Waals surface area contributed by atoms with E-state index in [9.17, 15) is 19.5 Å². The Labute approximate surface area is 177 Å². The number of aromatic nitrogens is 2. The quantitative estimate of drug-likeness (QED) is 0.563. The maximum absolute atomic E-state index is 12.6. The molecule has 3 aromatic rings. The van der Waals surface area contributed by atoms with E-state index >= 15 is 0 Å². The van der Waals surface area contributed by atoms with Gasteiger partial charge in [-0.15, -0.1) is 0 Å². The molecule has 1 aromatic heterocycles. The summed E-state index contributed by atoms with van der Waals surface area (Å²) in [6.45, 7) is -0.583. The van der Waals surface area contributed by atoms with Crippen molar-refractivity contribution in [2.24, 2.45) is 0 Å². The van der Waals surface area contributed by atoms with Gasteiger partial charge in [0.05, 0.1) is 31.2 Å². The van der Waals surface area contributed by atoms with Crippen LogP contribution in [0.3, 0.4) is 0 Å². The zero-order valence-corrected chi connectivity index (χ0v) is 16.7. The predicted octanol–water partition coefficient (Wildman–Crippen LogP) is 4.35. The Morgan fingerprint density at radius 2 is 1.61 bits per heavy atom. The Kier molecular flexibility index (Phi) is 5.81. The van der Waals surface area contributed by atoms with Crippen LogP contribution in [0.1, 0.15) is 10.5 Å². The van der Waals surface area contributed by atoms with Crippen LogP contribution in [-0.4, -0.2) is 26.8 Å². The van der Waals surface area contributed by atoms with E-state index in [0.29, 0.717) is 0 Å². The van der Waals surface area contributed by atoms with Gasteiger partial charge in [-0.05, 0) is 12.1 Å². The minimum absolute atomic E-state index is 0.0295. The second-order valence-corrected chi connectivity index (χ2v) is 7.12. The lowest BCUT2D eigenvalue weighted by atomic mass is 10.1. The molecule has 0 saturated heterocycles. The molecule has 7 nitrogen and oxygen atoms in total. The molecule has 0 bridgehead atoms. The summed E-state index contributed by atoms with van der Waals surface area (Å²) in [4.78, 5) is 36.5. The summed E-state index contributed by atoms with van der Waals surface area (Å²) < 4.78 is 0.745. The zero-order chi connectivity index (χ0) is 20.6. The minimum Gasteiger partial charge on any atom is -0.476 e. The number of amides is 1. The van der Waals surface area contributed by atoms with Crippen molar-refractivity contribution in [2.45, 2.75) is 6.54 Å². The third-order valence-corrected chi connectivity index (χ3v) is 5.31. The fraction of sp³-hybridized carbons (Fsp3) is 0.0588. The molecule has 11 heteroatoms. The fourth-order valence-corrected chi connectivity index (χ4v) is 3.40. The molecule has 2 aromatic carbocycles. The lowest BCUT2D eigenvalue weighted by Gasteiger charge is -2.13. The second kappa shape index (κ2) is 7.97. The average Bonchev–Trinajstić information content (AvgIpc) is 2.65. The molecule has 1 amide bonds. The number of carbonyl (C=O) groups excluding carboxylic acids is 1. The normalized spacial score (nSPS) is 10.9. The zero-order valence-electron chi connectivity index (χ0n) is 13.7. The number of hydrogen-bond donors (Lipinski definition) is 2. The maximum Gasteiger partial charge on any atom is 0.357 e. The molecular formula is C17H9Cl4N3O4. The first-order chi connectivity index (χ1) is 13.2. The smallest absolute Gasteiger partial charge is 0.357 e. The first kappa shape index (κ1) is 20.4. The standard InChI is InChI=1S/C17H9Cl4N3O4/c18-9-5-10(19)13(21)15(12(9)20)22-11(25)6-24-16(26)8-4-2-1-3-7(8)14(23-24)17(27)28/h1-5H,6H2,(H,22,25)(H,27,28). The maximum atomic E-state index is 12.6. The number of aromatic carboxylic acids is 1. The molecule has 0 fully saturated rings. The van der Waals surface area contributed by atoms with Gasteiger partial charge in [0.15, 0.2) is 5.69 Å². The van der Waals surface area contributed by atoms with Crippen LogP contribution < -0.4 is 10.9 Å². The molecule has 0 aliphatic heterocycles. The van der Waals surface area contributed by atoms with Gasteiger partial charge in [0, 0.05) is 5.39 Å². The molecule has 0 aliphatic rings. The highest BCUT2D eigenvalue weighted by Gasteiger charge is 2.19. The number of rotatable bonds is 4. The van der Waals surface area contributed by atoms with Gasteiger partial charge in [0.1, 0.15) is 6.54 Å². The summed E-state index contributed by atoms with van der Waals surface area (Å²) in [6, 6.07) is 7.39. The van der Waals surface area contributed by atoms with Gasteiger partial charge in [-0.1, -0.05) is 64.6 Å². The van der Waals surface area contributed by atoms with Gasteiger partial charge in [0.25, 0.3) is 5.56 Å². The average molecular weight is 461 g/mol. The molecule has 0 saturated carbocycles. The van der Waals surface area contributed by atoms with Gasteiger partial charge >= 0.3 is 5.97 Å². The molecule has 3 rings (SSSR count). The van der Waals surface area contributed by atoms with Gasteiger partial charge in [-0.2, -0.15) is 5.10 Å². The number of benzene rings is 2. The van der Waals surface area contributed by atoms with Crippen LogP contribution >= 0.6 is 46.4 Å². The largest absolute Gasteiger partial charge is 0.476 e. The van der Waals surface area contributed by atoms with E-state index in [0.717, 1.165) is 4.68 Å². The van der Waals surface area contributed by atoms with Crippen LogP contribution in [0.25, 0.3) is 10.8 Å². The Balaban J connectivity index is 2.00. The number of anilines is 1. The van der Waals surface area contributed by atoms with Crippen LogP contribution in [0.15, 0.2) is 35.1 Å². The van der Waals surface area contributed by atoms with Gasteiger partial charge < -0.3 is 10.4 Å². The second-order valence-electron chi connectivity index (χ2n) is 5.55. The molecule has 28 heavy (non-hydrogen) atoms. The third kappa shape index (κ3) is 3.79. The molecule has 1 heterocycles.